The molecule has 0 fully saturated rings. The Hall–Kier alpha value is -5.17. The molecule has 2 heterocycles. The number of nitriles is 1. The van der Waals surface area contributed by atoms with E-state index in [1.807, 2.05) is 17.4 Å². The average molecular weight is 527 g/mol. The summed E-state index contributed by atoms with van der Waals surface area (Å²) in [5.41, 5.74) is 8.38. The van der Waals surface area contributed by atoms with E-state index < -0.39 is 0 Å². The van der Waals surface area contributed by atoms with Crippen LogP contribution in [0.2, 0.25) is 0 Å². The Balaban J connectivity index is 1.36. The summed E-state index contributed by atoms with van der Waals surface area (Å²) in [6.07, 6.45) is 0. The molecule has 0 aliphatic carbocycles. The van der Waals surface area contributed by atoms with Crippen molar-refractivity contribution in [2.75, 3.05) is 0 Å². The molecule has 0 aliphatic rings. The third-order valence-electron chi connectivity index (χ3n) is 7.86. The maximum Gasteiger partial charge on any atom is 0.0998 e. The van der Waals surface area contributed by atoms with Crippen molar-refractivity contribution in [2.45, 2.75) is 0 Å². The van der Waals surface area contributed by atoms with Crippen LogP contribution in [0.5, 0.6) is 0 Å². The van der Waals surface area contributed by atoms with Gasteiger partial charge in [-0.25, -0.2) is 0 Å². The molecular weight excluding hydrogens is 504 g/mol. The predicted molar refractivity (Wildman–Crippen MR) is 169 cm³/mol. The number of hydrogen-bond acceptors (Lipinski definition) is 2. The average Bonchev–Trinajstić information content (AvgIpc) is 3.56. The molecule has 0 saturated carbocycles. The van der Waals surface area contributed by atoms with Crippen LogP contribution in [0.15, 0.2) is 133 Å². The van der Waals surface area contributed by atoms with E-state index in [-0.39, 0.29) is 0 Å². The van der Waals surface area contributed by atoms with E-state index in [9.17, 15) is 5.26 Å². The molecule has 0 atom stereocenters. The summed E-state index contributed by atoms with van der Waals surface area (Å²) in [6.45, 7) is 0. The molecule has 0 saturated heterocycles. The minimum Gasteiger partial charge on any atom is -0.309 e. The number of fused-ring (bicyclic) bond motifs is 6. The van der Waals surface area contributed by atoms with E-state index in [0.29, 0.717) is 5.56 Å². The van der Waals surface area contributed by atoms with Gasteiger partial charge in [-0.1, -0.05) is 84.9 Å². The van der Waals surface area contributed by atoms with Gasteiger partial charge in [0.25, 0.3) is 0 Å². The van der Waals surface area contributed by atoms with Crippen LogP contribution in [0.4, 0.5) is 0 Å². The van der Waals surface area contributed by atoms with E-state index in [2.05, 4.69) is 138 Å². The zero-order chi connectivity index (χ0) is 26.6. The first kappa shape index (κ1) is 22.8. The molecule has 186 valence electrons. The van der Waals surface area contributed by atoms with Crippen LogP contribution in [0.25, 0.3) is 69.9 Å². The molecular formula is C37H22N2S. The number of benzene rings is 6. The van der Waals surface area contributed by atoms with Gasteiger partial charge in [-0.2, -0.15) is 5.26 Å². The van der Waals surface area contributed by atoms with Crippen LogP contribution in [0.1, 0.15) is 5.56 Å². The fourth-order valence-electron chi connectivity index (χ4n) is 6.04. The van der Waals surface area contributed by atoms with Crippen molar-refractivity contribution in [1.82, 2.24) is 4.57 Å². The van der Waals surface area contributed by atoms with Gasteiger partial charge in [-0.05, 0) is 59.7 Å². The van der Waals surface area contributed by atoms with Crippen LogP contribution in [-0.2, 0) is 0 Å². The highest BCUT2D eigenvalue weighted by Crippen LogP contribution is 2.40. The van der Waals surface area contributed by atoms with Crippen molar-refractivity contribution >= 4 is 53.3 Å². The number of para-hydroxylation sites is 3. The smallest absolute Gasteiger partial charge is 0.0998 e. The fourth-order valence-corrected chi connectivity index (χ4v) is 7.12. The molecule has 0 unspecified atom stereocenters. The molecule has 0 radical (unpaired) electrons. The zero-order valence-electron chi connectivity index (χ0n) is 21.5. The molecule has 0 amide bonds. The second kappa shape index (κ2) is 8.95. The predicted octanol–water partition coefficient (Wildman–Crippen LogP) is 10.4. The molecule has 0 spiro atoms. The van der Waals surface area contributed by atoms with E-state index >= 15 is 0 Å². The molecule has 8 rings (SSSR count). The first-order valence-electron chi connectivity index (χ1n) is 13.3. The van der Waals surface area contributed by atoms with Gasteiger partial charge in [-0.3, -0.25) is 0 Å². The molecule has 8 aromatic rings. The van der Waals surface area contributed by atoms with Crippen LogP contribution >= 0.6 is 11.3 Å². The van der Waals surface area contributed by atoms with Gasteiger partial charge in [0.05, 0.1) is 28.4 Å². The van der Waals surface area contributed by atoms with E-state index in [0.717, 1.165) is 27.9 Å². The van der Waals surface area contributed by atoms with Crippen molar-refractivity contribution in [3.63, 3.8) is 0 Å². The van der Waals surface area contributed by atoms with Gasteiger partial charge in [0.2, 0.25) is 0 Å². The molecule has 0 N–H and O–H groups in total. The normalized spacial score (nSPS) is 11.5. The van der Waals surface area contributed by atoms with Crippen molar-refractivity contribution in [1.29, 1.82) is 5.26 Å². The largest absolute Gasteiger partial charge is 0.309 e. The Bertz CT molecular complexity index is 2240. The first-order chi connectivity index (χ1) is 19.8. The summed E-state index contributed by atoms with van der Waals surface area (Å²) in [5, 5.41) is 15.1. The van der Waals surface area contributed by atoms with E-state index in [1.165, 1.54) is 42.0 Å². The molecule has 0 bridgehead atoms. The number of rotatable bonds is 3. The summed E-state index contributed by atoms with van der Waals surface area (Å²) < 4.78 is 4.90. The summed E-state index contributed by atoms with van der Waals surface area (Å²) in [6, 6.07) is 49.5. The lowest BCUT2D eigenvalue weighted by Crippen LogP contribution is -1.97. The summed E-state index contributed by atoms with van der Waals surface area (Å²) >= 11 is 1.81. The summed E-state index contributed by atoms with van der Waals surface area (Å²) in [7, 11) is 0. The first-order valence-corrected chi connectivity index (χ1v) is 14.2. The molecule has 3 heteroatoms. The van der Waals surface area contributed by atoms with Gasteiger partial charge < -0.3 is 4.57 Å². The minimum atomic E-state index is 0.678. The van der Waals surface area contributed by atoms with E-state index in [1.54, 1.807) is 0 Å². The standard InChI is InChI=1S/C37H22N2S/c38-23-26-18-17-24(21-31(26)25-19-20-37-32(22-25)30-12-4-8-16-36(30)40-37)27-9-1-5-13-33(27)39-34-14-6-2-10-28(34)29-11-3-7-15-35(29)39/h1-22H. The Kier molecular flexibility index (Phi) is 5.10. The third-order valence-corrected chi connectivity index (χ3v) is 9.02. The highest BCUT2D eigenvalue weighted by Gasteiger charge is 2.16. The quantitative estimate of drug-likeness (QED) is 0.225. The highest BCUT2D eigenvalue weighted by molar-refractivity contribution is 7.25. The second-order valence-electron chi connectivity index (χ2n) is 10.1. The highest BCUT2D eigenvalue weighted by atomic mass is 32.1. The van der Waals surface area contributed by atoms with Crippen molar-refractivity contribution in [2.24, 2.45) is 0 Å². The van der Waals surface area contributed by atoms with Gasteiger partial charge in [0.15, 0.2) is 0 Å². The molecule has 2 nitrogen and oxygen atoms in total. The van der Waals surface area contributed by atoms with Crippen LogP contribution in [0.3, 0.4) is 0 Å². The Morgan fingerprint density at radius 1 is 0.500 bits per heavy atom. The van der Waals surface area contributed by atoms with Crippen LogP contribution in [-0.4, -0.2) is 4.57 Å². The van der Waals surface area contributed by atoms with Gasteiger partial charge in [-0.15, -0.1) is 11.3 Å². The topological polar surface area (TPSA) is 28.7 Å². The molecule has 2 aromatic heterocycles. The molecule has 0 aliphatic heterocycles. The van der Waals surface area contributed by atoms with Crippen molar-refractivity contribution in [3.05, 3.63) is 139 Å². The lowest BCUT2D eigenvalue weighted by atomic mass is 9.93. The van der Waals surface area contributed by atoms with Crippen LogP contribution < -0.4 is 0 Å². The molecule has 6 aromatic carbocycles. The maximum atomic E-state index is 10.1. The van der Waals surface area contributed by atoms with Gasteiger partial charge >= 0.3 is 0 Å². The second-order valence-corrected chi connectivity index (χ2v) is 11.2. The lowest BCUT2D eigenvalue weighted by molar-refractivity contribution is 1.18. The SMILES string of the molecule is N#Cc1ccc(-c2ccccc2-n2c3ccccc3c3ccccc32)cc1-c1ccc2sc3ccccc3c2c1. The van der Waals surface area contributed by atoms with Crippen LogP contribution in [0, 0.1) is 11.3 Å². The van der Waals surface area contributed by atoms with E-state index in [4.69, 9.17) is 0 Å². The van der Waals surface area contributed by atoms with Gasteiger partial charge in [0, 0.05) is 42.1 Å². The number of thiophene rings is 1. The van der Waals surface area contributed by atoms with Crippen molar-refractivity contribution < 1.29 is 0 Å². The third kappa shape index (κ3) is 3.41. The number of nitrogens with zero attached hydrogens (tertiary/aromatic N) is 2. The number of aromatic nitrogens is 1. The number of hydrogen-bond donors (Lipinski definition) is 0. The maximum absolute atomic E-state index is 10.1. The minimum absolute atomic E-state index is 0.678. The molecule has 40 heavy (non-hydrogen) atoms. The Morgan fingerprint density at radius 3 is 1.88 bits per heavy atom. The van der Waals surface area contributed by atoms with Gasteiger partial charge in [0.1, 0.15) is 0 Å². The summed E-state index contributed by atoms with van der Waals surface area (Å²) in [5.74, 6) is 0. The Labute approximate surface area is 235 Å². The fraction of sp³-hybridized carbons (Fsp3) is 0. The Morgan fingerprint density at radius 2 is 1.10 bits per heavy atom. The van der Waals surface area contributed by atoms with Crippen molar-refractivity contribution in [3.8, 4) is 34.0 Å². The lowest BCUT2D eigenvalue weighted by Gasteiger charge is -2.15. The zero-order valence-corrected chi connectivity index (χ0v) is 22.3. The monoisotopic (exact) mass is 526 g/mol. The summed E-state index contributed by atoms with van der Waals surface area (Å²) in [4.78, 5) is 0.